The lowest BCUT2D eigenvalue weighted by molar-refractivity contribution is 0.288. The number of rotatable bonds is 4. The predicted octanol–water partition coefficient (Wildman–Crippen LogP) is 2.00. The van der Waals surface area contributed by atoms with E-state index < -0.39 is 0 Å². The normalized spacial score (nSPS) is 27.8. The van der Waals surface area contributed by atoms with Crippen molar-refractivity contribution < 1.29 is 0 Å². The van der Waals surface area contributed by atoms with Crippen molar-refractivity contribution in [1.82, 2.24) is 4.90 Å². The van der Waals surface area contributed by atoms with Crippen LogP contribution in [0, 0.1) is 5.92 Å². The Kier molecular flexibility index (Phi) is 3.17. The maximum atomic E-state index is 5.64. The van der Waals surface area contributed by atoms with Crippen molar-refractivity contribution >= 4 is 0 Å². The molecule has 3 rings (SSSR count). The van der Waals surface area contributed by atoms with Crippen LogP contribution in [0.4, 0.5) is 0 Å². The molecular formula is C15H22N2. The number of hydrogen-bond acceptors (Lipinski definition) is 2. The zero-order chi connectivity index (χ0) is 11.7. The number of benzene rings is 1. The zero-order valence-corrected chi connectivity index (χ0v) is 10.4. The Morgan fingerprint density at radius 3 is 3.00 bits per heavy atom. The summed E-state index contributed by atoms with van der Waals surface area (Å²) in [6.07, 6.45) is 3.84. The molecule has 0 saturated carbocycles. The first-order valence-corrected chi connectivity index (χ1v) is 6.87. The second-order valence-electron chi connectivity index (χ2n) is 5.59. The van der Waals surface area contributed by atoms with Gasteiger partial charge in [0.15, 0.2) is 0 Å². The molecule has 1 heterocycles. The van der Waals surface area contributed by atoms with Gasteiger partial charge in [-0.2, -0.15) is 0 Å². The summed E-state index contributed by atoms with van der Waals surface area (Å²) in [7, 11) is 0. The van der Waals surface area contributed by atoms with Crippen molar-refractivity contribution in [2.75, 3.05) is 26.2 Å². The second kappa shape index (κ2) is 4.79. The minimum atomic E-state index is 0.794. The minimum absolute atomic E-state index is 0.794. The molecule has 2 unspecified atom stereocenters. The Morgan fingerprint density at radius 2 is 2.18 bits per heavy atom. The Labute approximate surface area is 104 Å². The maximum absolute atomic E-state index is 5.64. The van der Waals surface area contributed by atoms with Crippen molar-refractivity contribution in [3.63, 3.8) is 0 Å². The van der Waals surface area contributed by atoms with Gasteiger partial charge in [0.2, 0.25) is 0 Å². The maximum Gasteiger partial charge on any atom is 0.00537 e. The van der Waals surface area contributed by atoms with Gasteiger partial charge in [0.25, 0.3) is 0 Å². The first-order chi connectivity index (χ1) is 8.36. The molecule has 2 N–H and O–H groups in total. The third-order valence-electron chi connectivity index (χ3n) is 4.38. The van der Waals surface area contributed by atoms with Crippen LogP contribution in [0.1, 0.15) is 29.9 Å². The topological polar surface area (TPSA) is 29.3 Å². The van der Waals surface area contributed by atoms with E-state index in [1.807, 2.05) is 0 Å². The summed E-state index contributed by atoms with van der Waals surface area (Å²) < 4.78 is 0. The highest BCUT2D eigenvalue weighted by Crippen LogP contribution is 2.36. The van der Waals surface area contributed by atoms with E-state index in [2.05, 4.69) is 29.2 Å². The van der Waals surface area contributed by atoms with Gasteiger partial charge in [-0.3, -0.25) is 0 Å². The molecule has 0 amide bonds. The van der Waals surface area contributed by atoms with Crippen LogP contribution in [0.15, 0.2) is 24.3 Å². The number of fused-ring (bicyclic) bond motifs is 1. The van der Waals surface area contributed by atoms with E-state index in [-0.39, 0.29) is 0 Å². The average molecular weight is 230 g/mol. The first-order valence-electron chi connectivity index (χ1n) is 6.87. The van der Waals surface area contributed by atoms with E-state index in [0.29, 0.717) is 0 Å². The van der Waals surface area contributed by atoms with Crippen LogP contribution in [0.3, 0.4) is 0 Å². The molecule has 1 saturated heterocycles. The van der Waals surface area contributed by atoms with Crippen molar-refractivity contribution in [2.24, 2.45) is 11.7 Å². The summed E-state index contributed by atoms with van der Waals surface area (Å²) in [5.74, 6) is 1.65. The highest BCUT2D eigenvalue weighted by molar-refractivity contribution is 5.40. The molecule has 2 nitrogen and oxygen atoms in total. The van der Waals surface area contributed by atoms with E-state index in [4.69, 9.17) is 5.73 Å². The molecule has 1 aromatic rings. The Balaban J connectivity index is 1.53. The van der Waals surface area contributed by atoms with Gasteiger partial charge >= 0.3 is 0 Å². The molecule has 17 heavy (non-hydrogen) atoms. The average Bonchev–Trinajstić information content (AvgIpc) is 2.74. The Bertz CT molecular complexity index is 388. The van der Waals surface area contributed by atoms with Crippen molar-refractivity contribution in [1.29, 1.82) is 0 Å². The second-order valence-corrected chi connectivity index (χ2v) is 5.59. The van der Waals surface area contributed by atoms with Crippen LogP contribution in [-0.2, 0) is 6.42 Å². The zero-order valence-electron chi connectivity index (χ0n) is 10.4. The third-order valence-corrected chi connectivity index (χ3v) is 4.38. The molecule has 1 aliphatic carbocycles. The fourth-order valence-electron chi connectivity index (χ4n) is 3.39. The summed E-state index contributed by atoms with van der Waals surface area (Å²) in [6.45, 7) is 4.67. The SMILES string of the molecule is NCCC1CCN(CC2Cc3ccccc32)C1. The lowest BCUT2D eigenvalue weighted by Crippen LogP contribution is -2.32. The van der Waals surface area contributed by atoms with Gasteiger partial charge in [0.1, 0.15) is 0 Å². The van der Waals surface area contributed by atoms with Crippen LogP contribution >= 0.6 is 0 Å². The lowest BCUT2D eigenvalue weighted by Gasteiger charge is -2.33. The molecule has 0 aromatic heterocycles. The smallest absolute Gasteiger partial charge is 0.00537 e. The van der Waals surface area contributed by atoms with Crippen molar-refractivity contribution in [3.05, 3.63) is 35.4 Å². The van der Waals surface area contributed by atoms with E-state index in [9.17, 15) is 0 Å². The molecule has 1 aliphatic heterocycles. The summed E-state index contributed by atoms with van der Waals surface area (Å²) in [6, 6.07) is 8.90. The molecule has 0 bridgehead atoms. The monoisotopic (exact) mass is 230 g/mol. The Hall–Kier alpha value is -0.860. The molecule has 0 spiro atoms. The molecule has 2 aliphatic rings. The summed E-state index contributed by atoms with van der Waals surface area (Å²) >= 11 is 0. The molecule has 2 heteroatoms. The molecule has 2 atom stereocenters. The van der Waals surface area contributed by atoms with Crippen LogP contribution in [-0.4, -0.2) is 31.1 Å². The highest BCUT2D eigenvalue weighted by atomic mass is 15.1. The molecule has 1 aromatic carbocycles. The van der Waals surface area contributed by atoms with Crippen LogP contribution < -0.4 is 5.73 Å². The fourth-order valence-corrected chi connectivity index (χ4v) is 3.39. The van der Waals surface area contributed by atoms with E-state index >= 15 is 0 Å². The van der Waals surface area contributed by atoms with Gasteiger partial charge in [0, 0.05) is 19.0 Å². The Morgan fingerprint density at radius 1 is 1.29 bits per heavy atom. The molecule has 0 radical (unpaired) electrons. The summed E-state index contributed by atoms with van der Waals surface area (Å²) in [5.41, 5.74) is 8.79. The third kappa shape index (κ3) is 2.24. The number of nitrogens with two attached hydrogens (primary N) is 1. The van der Waals surface area contributed by atoms with Gasteiger partial charge in [-0.25, -0.2) is 0 Å². The quantitative estimate of drug-likeness (QED) is 0.857. The fraction of sp³-hybridized carbons (Fsp3) is 0.600. The largest absolute Gasteiger partial charge is 0.330 e. The number of nitrogens with zero attached hydrogens (tertiary/aromatic N) is 1. The standard InChI is InChI=1S/C15H22N2/c16-7-5-12-6-8-17(10-12)11-14-9-13-3-1-2-4-15(13)14/h1-4,12,14H,5-11,16H2. The first kappa shape index (κ1) is 11.2. The van der Waals surface area contributed by atoms with Crippen LogP contribution in [0.25, 0.3) is 0 Å². The molecule has 92 valence electrons. The predicted molar refractivity (Wildman–Crippen MR) is 71.1 cm³/mol. The van der Waals surface area contributed by atoms with E-state index in [1.165, 1.54) is 38.9 Å². The minimum Gasteiger partial charge on any atom is -0.330 e. The van der Waals surface area contributed by atoms with Crippen molar-refractivity contribution in [2.45, 2.75) is 25.2 Å². The molecule has 1 fully saturated rings. The van der Waals surface area contributed by atoms with Gasteiger partial charge in [-0.1, -0.05) is 24.3 Å². The van der Waals surface area contributed by atoms with Gasteiger partial charge in [-0.15, -0.1) is 0 Å². The number of likely N-dealkylation sites (tertiary alicyclic amines) is 1. The van der Waals surface area contributed by atoms with Gasteiger partial charge in [-0.05, 0) is 49.4 Å². The van der Waals surface area contributed by atoms with E-state index in [1.54, 1.807) is 11.1 Å². The highest BCUT2D eigenvalue weighted by Gasteiger charge is 2.30. The number of hydrogen-bond donors (Lipinski definition) is 1. The lowest BCUT2D eigenvalue weighted by atomic mass is 9.77. The van der Waals surface area contributed by atoms with Gasteiger partial charge in [0.05, 0.1) is 0 Å². The van der Waals surface area contributed by atoms with Gasteiger partial charge < -0.3 is 10.6 Å². The summed E-state index contributed by atoms with van der Waals surface area (Å²) in [5, 5.41) is 0. The van der Waals surface area contributed by atoms with Crippen molar-refractivity contribution in [3.8, 4) is 0 Å². The molecular weight excluding hydrogens is 208 g/mol. The van der Waals surface area contributed by atoms with Crippen LogP contribution in [0.2, 0.25) is 0 Å². The van der Waals surface area contributed by atoms with E-state index in [0.717, 1.165) is 18.4 Å². The van der Waals surface area contributed by atoms with Crippen LogP contribution in [0.5, 0.6) is 0 Å². The summed E-state index contributed by atoms with van der Waals surface area (Å²) in [4.78, 5) is 2.64.